The van der Waals surface area contributed by atoms with Gasteiger partial charge in [0.2, 0.25) is 0 Å². The molecule has 0 radical (unpaired) electrons. The van der Waals surface area contributed by atoms with Gasteiger partial charge in [-0.2, -0.15) is 0 Å². The molecule has 186 valence electrons. The molecule has 3 rings (SSSR count). The first-order valence-electron chi connectivity index (χ1n) is 12.5. The fraction of sp³-hybridized carbons (Fsp3) is 0.714. The smallest absolute Gasteiger partial charge is 0.134 e. The van der Waals surface area contributed by atoms with Gasteiger partial charge in [-0.15, -0.1) is 0 Å². The highest BCUT2D eigenvalue weighted by Crippen LogP contribution is 2.59. The van der Waals surface area contributed by atoms with Crippen molar-refractivity contribution in [3.63, 3.8) is 0 Å². The van der Waals surface area contributed by atoms with Gasteiger partial charge < -0.3 is 25.5 Å². The highest BCUT2D eigenvalue weighted by molar-refractivity contribution is 5.38. The SMILES string of the molecule is C=C1/C(=C\C=C2/CCC[C@]3(C)[C@@H]([C@H](C)/C=C/[C@](O)(CO)C(C)(C)O)CC[C@@H]23)C[C@@H](O)C[C@@H]1O. The fourth-order valence-electron chi connectivity index (χ4n) is 6.50. The Bertz CT molecular complexity index is 819. The van der Waals surface area contributed by atoms with Gasteiger partial charge >= 0.3 is 0 Å². The molecule has 0 bridgehead atoms. The van der Waals surface area contributed by atoms with Crippen LogP contribution in [0.25, 0.3) is 0 Å². The number of rotatable bonds is 6. The number of aliphatic hydroxyl groups is 5. The predicted molar refractivity (Wildman–Crippen MR) is 131 cm³/mol. The molecule has 0 aromatic carbocycles. The molecule has 0 spiro atoms. The van der Waals surface area contributed by atoms with Gasteiger partial charge in [0.25, 0.3) is 0 Å². The van der Waals surface area contributed by atoms with E-state index in [0.29, 0.717) is 24.7 Å². The Kier molecular flexibility index (Phi) is 7.82. The highest BCUT2D eigenvalue weighted by Gasteiger charge is 2.50. The van der Waals surface area contributed by atoms with Crippen molar-refractivity contribution in [1.82, 2.24) is 0 Å². The van der Waals surface area contributed by atoms with E-state index in [1.54, 1.807) is 6.08 Å². The molecule has 0 aromatic rings. The van der Waals surface area contributed by atoms with Crippen LogP contribution in [0.2, 0.25) is 0 Å². The zero-order valence-electron chi connectivity index (χ0n) is 20.8. The summed E-state index contributed by atoms with van der Waals surface area (Å²) in [7, 11) is 0. The van der Waals surface area contributed by atoms with E-state index < -0.39 is 30.0 Å². The van der Waals surface area contributed by atoms with Crippen molar-refractivity contribution in [1.29, 1.82) is 0 Å². The van der Waals surface area contributed by atoms with Crippen molar-refractivity contribution in [2.24, 2.45) is 23.2 Å². The van der Waals surface area contributed by atoms with Crippen LogP contribution in [0.4, 0.5) is 0 Å². The van der Waals surface area contributed by atoms with Gasteiger partial charge in [-0.1, -0.05) is 50.3 Å². The normalized spacial score (nSPS) is 38.6. The van der Waals surface area contributed by atoms with Gasteiger partial charge in [0.15, 0.2) is 0 Å². The average molecular weight is 461 g/mol. The number of hydrogen-bond acceptors (Lipinski definition) is 5. The largest absolute Gasteiger partial charge is 0.393 e. The van der Waals surface area contributed by atoms with Crippen LogP contribution in [-0.2, 0) is 0 Å². The molecular weight excluding hydrogens is 416 g/mol. The summed E-state index contributed by atoms with van der Waals surface area (Å²) in [5.74, 6) is 1.15. The van der Waals surface area contributed by atoms with Crippen molar-refractivity contribution in [3.8, 4) is 0 Å². The molecular formula is C28H44O5. The van der Waals surface area contributed by atoms with E-state index >= 15 is 0 Å². The Hall–Kier alpha value is -1.24. The summed E-state index contributed by atoms with van der Waals surface area (Å²) >= 11 is 0. The number of aliphatic hydroxyl groups excluding tert-OH is 3. The van der Waals surface area contributed by atoms with Gasteiger partial charge in [0.05, 0.1) is 24.4 Å². The lowest BCUT2D eigenvalue weighted by Gasteiger charge is -2.44. The molecule has 5 heteroatoms. The zero-order valence-corrected chi connectivity index (χ0v) is 20.8. The molecule has 0 unspecified atom stereocenters. The van der Waals surface area contributed by atoms with Crippen LogP contribution in [0.3, 0.4) is 0 Å². The maximum atomic E-state index is 10.7. The van der Waals surface area contributed by atoms with Crippen LogP contribution in [0, 0.1) is 23.2 Å². The molecule has 0 heterocycles. The van der Waals surface area contributed by atoms with Crippen LogP contribution in [0.15, 0.2) is 47.6 Å². The van der Waals surface area contributed by atoms with Crippen molar-refractivity contribution in [2.45, 2.75) is 96.1 Å². The van der Waals surface area contributed by atoms with Crippen LogP contribution in [-0.4, -0.2) is 55.5 Å². The Morgan fingerprint density at radius 2 is 1.88 bits per heavy atom. The average Bonchev–Trinajstić information content (AvgIpc) is 3.10. The van der Waals surface area contributed by atoms with E-state index in [1.807, 2.05) is 6.08 Å². The molecule has 0 saturated heterocycles. The third-order valence-corrected chi connectivity index (χ3v) is 8.91. The molecule has 3 aliphatic rings. The van der Waals surface area contributed by atoms with Gasteiger partial charge in [0, 0.05) is 6.42 Å². The first kappa shape index (κ1) is 26.4. The molecule has 5 N–H and O–H groups in total. The van der Waals surface area contributed by atoms with Gasteiger partial charge in [-0.25, -0.2) is 0 Å². The monoisotopic (exact) mass is 460 g/mol. The molecule has 0 amide bonds. The highest BCUT2D eigenvalue weighted by atomic mass is 16.4. The van der Waals surface area contributed by atoms with Crippen molar-refractivity contribution >= 4 is 0 Å². The van der Waals surface area contributed by atoms with E-state index in [0.717, 1.165) is 43.3 Å². The second-order valence-electron chi connectivity index (χ2n) is 11.5. The van der Waals surface area contributed by atoms with E-state index in [9.17, 15) is 25.5 Å². The van der Waals surface area contributed by atoms with E-state index in [-0.39, 0.29) is 11.3 Å². The van der Waals surface area contributed by atoms with Crippen LogP contribution in [0.5, 0.6) is 0 Å². The molecule has 33 heavy (non-hydrogen) atoms. The van der Waals surface area contributed by atoms with Crippen LogP contribution in [0.1, 0.15) is 72.6 Å². The lowest BCUT2D eigenvalue weighted by molar-refractivity contribution is -0.123. The van der Waals surface area contributed by atoms with E-state index in [4.69, 9.17) is 0 Å². The minimum Gasteiger partial charge on any atom is -0.393 e. The Morgan fingerprint density at radius 1 is 1.18 bits per heavy atom. The number of allylic oxidation sites excluding steroid dienone is 4. The maximum Gasteiger partial charge on any atom is 0.134 e. The topological polar surface area (TPSA) is 101 Å². The first-order valence-corrected chi connectivity index (χ1v) is 12.5. The minimum absolute atomic E-state index is 0.154. The molecule has 7 atom stereocenters. The fourth-order valence-corrected chi connectivity index (χ4v) is 6.50. The van der Waals surface area contributed by atoms with Crippen LogP contribution < -0.4 is 0 Å². The summed E-state index contributed by atoms with van der Waals surface area (Å²) < 4.78 is 0. The Morgan fingerprint density at radius 3 is 2.52 bits per heavy atom. The van der Waals surface area contributed by atoms with E-state index in [1.165, 1.54) is 19.4 Å². The molecule has 3 saturated carbocycles. The van der Waals surface area contributed by atoms with E-state index in [2.05, 4.69) is 32.6 Å². The number of hydrogen-bond donors (Lipinski definition) is 5. The lowest BCUT2D eigenvalue weighted by atomic mass is 9.61. The second kappa shape index (κ2) is 9.79. The zero-order chi connectivity index (χ0) is 24.6. The molecule has 0 aliphatic heterocycles. The standard InChI is InChI=1S/C28H44O5/c1-18(12-14-28(33,17-29)26(3,4)32)23-10-11-24-20(7-6-13-27(23,24)5)8-9-21-15-22(30)16-25(31)19(21)2/h8-9,12,14,18,22-25,29-33H,2,6-7,10-11,13,15-17H2,1,3-5H3/b14-12+,20-8+,21-9-/t18-,22-,23-,24+,25+,27-,28+/m1/s1. The molecule has 5 nitrogen and oxygen atoms in total. The first-order chi connectivity index (χ1) is 15.3. The molecule has 3 aliphatic carbocycles. The van der Waals surface area contributed by atoms with Crippen molar-refractivity contribution < 1.29 is 25.5 Å². The Balaban J connectivity index is 1.79. The summed E-state index contributed by atoms with van der Waals surface area (Å²) in [6.45, 7) is 11.1. The quantitative estimate of drug-likeness (QED) is 0.388. The second-order valence-corrected chi connectivity index (χ2v) is 11.5. The molecule has 3 fully saturated rings. The van der Waals surface area contributed by atoms with Crippen molar-refractivity contribution in [2.75, 3.05) is 6.61 Å². The summed E-state index contributed by atoms with van der Waals surface area (Å²) in [5, 5.41) is 50.9. The third kappa shape index (κ3) is 5.23. The lowest BCUT2D eigenvalue weighted by Crippen LogP contribution is -2.51. The van der Waals surface area contributed by atoms with Gasteiger partial charge in [-0.05, 0) is 86.7 Å². The Labute approximate surface area is 199 Å². The maximum absolute atomic E-state index is 10.7. The summed E-state index contributed by atoms with van der Waals surface area (Å²) in [6, 6.07) is 0. The summed E-state index contributed by atoms with van der Waals surface area (Å²) in [6.07, 6.45) is 13.1. The summed E-state index contributed by atoms with van der Waals surface area (Å²) in [5.41, 5.74) is 0.172. The number of fused-ring (bicyclic) bond motifs is 1. The third-order valence-electron chi connectivity index (χ3n) is 8.91. The minimum atomic E-state index is -1.67. The predicted octanol–water partition coefficient (Wildman–Crippen LogP) is 3.81. The van der Waals surface area contributed by atoms with Gasteiger partial charge in [-0.3, -0.25) is 0 Å². The van der Waals surface area contributed by atoms with Crippen molar-refractivity contribution in [3.05, 3.63) is 47.6 Å². The van der Waals surface area contributed by atoms with Gasteiger partial charge in [0.1, 0.15) is 5.60 Å². The molecule has 0 aromatic heterocycles. The summed E-state index contributed by atoms with van der Waals surface area (Å²) in [4.78, 5) is 0. The van der Waals surface area contributed by atoms with Crippen LogP contribution >= 0.6 is 0 Å².